The molecule has 0 radical (unpaired) electrons. The van der Waals surface area contributed by atoms with Gasteiger partial charge in [-0.05, 0) is 49.9 Å². The van der Waals surface area contributed by atoms with E-state index < -0.39 is 26.1 Å². The minimum atomic E-state index is -3.04. The Morgan fingerprint density at radius 3 is 2.04 bits per heavy atom. The summed E-state index contributed by atoms with van der Waals surface area (Å²) in [6.07, 6.45) is 3.40. The van der Waals surface area contributed by atoms with Crippen molar-refractivity contribution in [3.63, 3.8) is 0 Å². The third kappa shape index (κ3) is 17.8. The first-order chi connectivity index (χ1) is 9.86. The van der Waals surface area contributed by atoms with Crippen LogP contribution in [0.15, 0.2) is 0 Å². The summed E-state index contributed by atoms with van der Waals surface area (Å²) in [4.78, 5) is 32.5. The van der Waals surface area contributed by atoms with Crippen LogP contribution in [-0.4, -0.2) is 51.9 Å². The van der Waals surface area contributed by atoms with Gasteiger partial charge in [0.25, 0.3) is 0 Å². The van der Waals surface area contributed by atoms with Crippen LogP contribution in [0.1, 0.15) is 33.5 Å². The van der Waals surface area contributed by atoms with Gasteiger partial charge in [-0.3, -0.25) is 9.59 Å². The molecule has 1 rings (SSSR count). The topological polar surface area (TPSA) is 214 Å². The fourth-order valence-electron chi connectivity index (χ4n) is 2.09. The van der Waals surface area contributed by atoms with E-state index in [1.165, 1.54) is 12.8 Å². The number of hydrogen-bond donors (Lipinski definition) is 3. The van der Waals surface area contributed by atoms with Crippen LogP contribution in [0.2, 0.25) is 0 Å². The average molecular weight is 554 g/mol. The van der Waals surface area contributed by atoms with Gasteiger partial charge in [-0.1, -0.05) is 0 Å². The van der Waals surface area contributed by atoms with E-state index in [9.17, 15) is 9.59 Å². The van der Waals surface area contributed by atoms with Crippen molar-refractivity contribution in [3.8, 4) is 0 Å². The van der Waals surface area contributed by atoms with E-state index in [-0.39, 0.29) is 41.2 Å². The summed E-state index contributed by atoms with van der Waals surface area (Å²) < 4.78 is 11.6. The molecule has 11 nitrogen and oxygen atoms in total. The van der Waals surface area contributed by atoms with Crippen LogP contribution in [-0.2, 0) is 39.9 Å². The second-order valence-electron chi connectivity index (χ2n) is 4.63. The number of nitrogens with two attached hydrogens (primary N) is 2. The molecule has 0 aromatic heterocycles. The second-order valence-corrected chi connectivity index (χ2v) is 5.24. The molecule has 0 aromatic carbocycles. The molecule has 0 aliphatic carbocycles. The summed E-state index contributed by atoms with van der Waals surface area (Å²) in [7, 11) is -3.04. The Morgan fingerprint density at radius 2 is 1.71 bits per heavy atom. The molecule has 0 saturated carbocycles. The predicted molar refractivity (Wildman–Crippen MR) is 82.3 cm³/mol. The zero-order valence-corrected chi connectivity index (χ0v) is 16.1. The van der Waals surface area contributed by atoms with E-state index in [1.54, 1.807) is 0 Å². The summed E-state index contributed by atoms with van der Waals surface area (Å²) >= 11 is 0. The molecule has 0 aromatic rings. The van der Waals surface area contributed by atoms with Gasteiger partial charge >= 0.3 is 41.3 Å². The number of likely N-dealkylation sites (tertiary alicyclic amines) is 1. The second kappa shape index (κ2) is 18.8. The fourth-order valence-corrected chi connectivity index (χ4v) is 2.09. The summed E-state index contributed by atoms with van der Waals surface area (Å²) in [6, 6.07) is 0. The van der Waals surface area contributed by atoms with Crippen LogP contribution in [0.25, 0.3) is 12.3 Å². The van der Waals surface area contributed by atoms with Gasteiger partial charge in [0.1, 0.15) is 0 Å². The van der Waals surface area contributed by atoms with E-state index >= 15 is 0 Å². The van der Waals surface area contributed by atoms with E-state index in [1.807, 2.05) is 0 Å². The van der Waals surface area contributed by atoms with Gasteiger partial charge < -0.3 is 32.3 Å². The number of nitrogens with zero attached hydrogens (tertiary/aromatic N) is 1. The first-order valence-corrected chi connectivity index (χ1v) is 7.59. The number of carboxylic acids is 2. The molecule has 1 heterocycles. The number of aliphatic carboxylic acids is 2. The Balaban J connectivity index is -0.000000132. The van der Waals surface area contributed by atoms with Gasteiger partial charge in [-0.25, -0.2) is 5.26 Å². The van der Waals surface area contributed by atoms with Gasteiger partial charge in [0.05, 0.1) is 12.3 Å². The van der Waals surface area contributed by atoms with Crippen LogP contribution in [0.3, 0.4) is 0 Å². The van der Waals surface area contributed by atoms with Crippen molar-refractivity contribution in [2.45, 2.75) is 32.1 Å². The van der Waals surface area contributed by atoms with Crippen LogP contribution >= 0.6 is 8.25 Å². The summed E-state index contributed by atoms with van der Waals surface area (Å²) in [5, 5.41) is 24.5. The van der Waals surface area contributed by atoms with Crippen LogP contribution in [0, 0.1) is 5.92 Å². The van der Waals surface area contributed by atoms with Crippen molar-refractivity contribution in [2.75, 3.05) is 19.6 Å². The number of hydrogen-bond acceptors (Lipinski definition) is 7. The first-order valence-electron chi connectivity index (χ1n) is 6.49. The van der Waals surface area contributed by atoms with Crippen molar-refractivity contribution in [2.24, 2.45) is 5.92 Å². The van der Waals surface area contributed by atoms with Crippen LogP contribution in [0.5, 0.6) is 0 Å². The molecule has 7 N–H and O–H groups in total. The van der Waals surface area contributed by atoms with Crippen molar-refractivity contribution in [3.05, 3.63) is 12.3 Å². The smallest absolute Gasteiger partial charge is 0.693 e. The zero-order valence-electron chi connectivity index (χ0n) is 13.0. The number of rotatable bonds is 8. The predicted octanol–water partition coefficient (Wildman–Crippen LogP) is 2.21. The maximum Gasteiger partial charge on any atom is 2.00 e. The summed E-state index contributed by atoms with van der Waals surface area (Å²) in [6.45, 7) is 3.08. The standard InChI is InChI=1S/C11H19NO4.2H2N.HO4P.Pt.H2/c13-10(14)8-9(11(15)16)4-3-7-12-5-1-2-6-12;;;1-4-5(2)3;;/h9H,1-8H2,(H,13,14)(H,15,16);2*1H2;1H;;1H/q;2*-1;;+2;. The molecule has 2 unspecified atom stereocenters. The Labute approximate surface area is 157 Å². The van der Waals surface area contributed by atoms with Crippen molar-refractivity contribution in [1.29, 1.82) is 0 Å². The normalized spacial score (nSPS) is 14.7. The Bertz CT molecular complexity index is 364. The molecule has 1 fully saturated rings. The summed E-state index contributed by atoms with van der Waals surface area (Å²) in [5.74, 6) is -2.77. The van der Waals surface area contributed by atoms with Gasteiger partial charge in [-0.15, -0.1) is 0 Å². The molecule has 0 spiro atoms. The molecule has 2 atom stereocenters. The molecule has 1 aliphatic heterocycles. The van der Waals surface area contributed by atoms with E-state index in [4.69, 9.17) is 24.9 Å². The van der Waals surface area contributed by atoms with Gasteiger partial charge in [-0.2, -0.15) is 0 Å². The maximum absolute atomic E-state index is 10.8. The van der Waals surface area contributed by atoms with Crippen molar-refractivity contribution in [1.82, 2.24) is 4.90 Å². The van der Waals surface area contributed by atoms with Crippen molar-refractivity contribution >= 4 is 20.2 Å². The molecular formula is C11H26N3O8PPt. The van der Waals surface area contributed by atoms with Crippen LogP contribution < -0.4 is 4.89 Å². The third-order valence-corrected chi connectivity index (χ3v) is 3.20. The van der Waals surface area contributed by atoms with Gasteiger partial charge in [0, 0.05) is 6.10 Å². The fraction of sp³-hybridized carbons (Fsp3) is 0.818. The molecule has 1 saturated heterocycles. The largest absolute Gasteiger partial charge is 2.00 e. The van der Waals surface area contributed by atoms with E-state index in [2.05, 4.69) is 9.57 Å². The number of carbonyl (C=O) groups is 2. The minimum Gasteiger partial charge on any atom is -0.693 e. The minimum absolute atomic E-state index is 0. The Hall–Kier alpha value is -0.512. The quantitative estimate of drug-likeness (QED) is 0.227. The molecule has 13 heteroatoms. The maximum atomic E-state index is 10.8. The first kappa shape index (κ1) is 31.3. The van der Waals surface area contributed by atoms with Crippen LogP contribution in [0.4, 0.5) is 0 Å². The SMILES string of the molecule is O=C(O)CC(CCCN1CCCC1)C(=O)O.O=[P+]([O-])OO.[HH].[NH2-].[NH2-].[Pt+2]. The molecule has 148 valence electrons. The Kier molecular flexibility index (Phi) is 24.5. The Morgan fingerprint density at radius 1 is 1.25 bits per heavy atom. The van der Waals surface area contributed by atoms with Gasteiger partial charge in [0.2, 0.25) is 0 Å². The van der Waals surface area contributed by atoms with E-state index in [0.29, 0.717) is 6.42 Å². The van der Waals surface area contributed by atoms with E-state index in [0.717, 1.165) is 26.1 Å². The van der Waals surface area contributed by atoms with Crippen molar-refractivity contribution < 1.29 is 61.7 Å². The zero-order chi connectivity index (χ0) is 16.3. The third-order valence-electron chi connectivity index (χ3n) is 3.06. The molecule has 0 bridgehead atoms. The number of carboxylic acid groups (broad SMARTS) is 2. The molecule has 0 amide bonds. The average Bonchev–Trinajstić information content (AvgIpc) is 2.90. The molecule has 24 heavy (non-hydrogen) atoms. The monoisotopic (exact) mass is 554 g/mol. The molecule has 1 aliphatic rings. The van der Waals surface area contributed by atoms with Gasteiger partial charge in [0.15, 0.2) is 0 Å². The molecular weight excluding hydrogens is 528 g/mol. The summed E-state index contributed by atoms with van der Waals surface area (Å²) in [5.41, 5.74) is 0.